The Bertz CT molecular complexity index is 1100. The van der Waals surface area contributed by atoms with E-state index in [0.717, 1.165) is 11.1 Å². The Balaban J connectivity index is 1.94. The van der Waals surface area contributed by atoms with Crippen LogP contribution in [0, 0.1) is 0 Å². The minimum absolute atomic E-state index is 0.234. The van der Waals surface area contributed by atoms with Crippen LogP contribution in [0.25, 0.3) is 22.2 Å². The summed E-state index contributed by atoms with van der Waals surface area (Å²) in [4.78, 5) is 39.1. The summed E-state index contributed by atoms with van der Waals surface area (Å²) in [6.45, 7) is 5.63. The van der Waals surface area contributed by atoms with Crippen molar-refractivity contribution in [1.82, 2.24) is 10.3 Å². The predicted octanol–water partition coefficient (Wildman–Crippen LogP) is 4.81. The van der Waals surface area contributed by atoms with Crippen LogP contribution in [0.5, 0.6) is 0 Å². The molecule has 1 aromatic heterocycles. The molecule has 3 aromatic rings. The molecular weight excluding hydrogens is 392 g/mol. The van der Waals surface area contributed by atoms with Crippen molar-refractivity contribution >= 4 is 39.6 Å². The number of hydrogen-bond acceptors (Lipinski definition) is 4. The maximum absolute atomic E-state index is 12.5. The molecular formula is C22H21ClN2O4. The number of para-hydroxylation sites is 1. The average Bonchev–Trinajstić information content (AvgIpc) is 3.04. The van der Waals surface area contributed by atoms with Gasteiger partial charge in [0.25, 0.3) is 5.24 Å². The number of aromatic nitrogens is 1. The number of hydrogen-bond donors (Lipinski definition) is 2. The first kappa shape index (κ1) is 20.6. The number of aromatic amines is 1. The van der Waals surface area contributed by atoms with E-state index >= 15 is 0 Å². The molecule has 0 unspecified atom stereocenters. The quantitative estimate of drug-likeness (QED) is 0.357. The van der Waals surface area contributed by atoms with Gasteiger partial charge >= 0.3 is 6.09 Å². The summed E-state index contributed by atoms with van der Waals surface area (Å²) in [5.41, 5.74) is 2.39. The second-order valence-electron chi connectivity index (χ2n) is 7.58. The molecule has 6 nitrogen and oxygen atoms in total. The number of alkyl carbamates (subject to hydrolysis) is 1. The predicted molar refractivity (Wildman–Crippen MR) is 112 cm³/mol. The molecule has 0 spiro atoms. The van der Waals surface area contributed by atoms with Crippen LogP contribution in [0.1, 0.15) is 36.7 Å². The van der Waals surface area contributed by atoms with Gasteiger partial charge in [0.2, 0.25) is 5.78 Å². The van der Waals surface area contributed by atoms with Gasteiger partial charge in [-0.05, 0) is 55.6 Å². The first-order chi connectivity index (χ1) is 13.7. The van der Waals surface area contributed by atoms with Crippen molar-refractivity contribution in [3.8, 4) is 11.3 Å². The molecule has 29 heavy (non-hydrogen) atoms. The number of carbonyl (C=O) groups is 3. The Labute approximate surface area is 173 Å². The van der Waals surface area contributed by atoms with E-state index in [1.807, 2.05) is 36.4 Å². The summed E-state index contributed by atoms with van der Waals surface area (Å²) in [6.07, 6.45) is -0.517. The smallest absolute Gasteiger partial charge is 0.407 e. The van der Waals surface area contributed by atoms with Gasteiger partial charge in [-0.3, -0.25) is 9.59 Å². The Hall–Kier alpha value is -3.12. The van der Waals surface area contributed by atoms with Gasteiger partial charge in [0.15, 0.2) is 0 Å². The number of ether oxygens (including phenoxy) is 1. The Kier molecular flexibility index (Phi) is 5.75. The summed E-state index contributed by atoms with van der Waals surface area (Å²) < 4.78 is 5.24. The Morgan fingerprint density at radius 2 is 1.79 bits per heavy atom. The van der Waals surface area contributed by atoms with Gasteiger partial charge in [-0.15, -0.1) is 0 Å². The minimum atomic E-state index is -1.04. The van der Waals surface area contributed by atoms with Gasteiger partial charge in [0.05, 0.1) is 11.3 Å². The molecule has 7 heteroatoms. The normalized spacial score (nSPS) is 11.3. The van der Waals surface area contributed by atoms with Crippen molar-refractivity contribution in [1.29, 1.82) is 0 Å². The zero-order chi connectivity index (χ0) is 21.2. The van der Waals surface area contributed by atoms with Crippen LogP contribution in [0.3, 0.4) is 0 Å². The number of fused-ring (bicyclic) bond motifs is 1. The molecule has 0 aliphatic heterocycles. The van der Waals surface area contributed by atoms with E-state index in [9.17, 15) is 14.4 Å². The maximum Gasteiger partial charge on any atom is 0.407 e. The Morgan fingerprint density at radius 1 is 1.07 bits per heavy atom. The first-order valence-corrected chi connectivity index (χ1v) is 9.44. The molecule has 1 heterocycles. The number of amides is 1. The van der Waals surface area contributed by atoms with Crippen molar-refractivity contribution < 1.29 is 19.1 Å². The summed E-state index contributed by atoms with van der Waals surface area (Å²) in [5, 5.41) is 2.28. The molecule has 0 aliphatic carbocycles. The Morgan fingerprint density at radius 3 is 2.48 bits per heavy atom. The third kappa shape index (κ3) is 4.84. The third-order valence-electron chi connectivity index (χ3n) is 4.16. The molecule has 1 amide bonds. The van der Waals surface area contributed by atoms with Crippen molar-refractivity contribution in [2.24, 2.45) is 0 Å². The molecule has 0 fully saturated rings. The van der Waals surface area contributed by atoms with E-state index in [0.29, 0.717) is 16.6 Å². The van der Waals surface area contributed by atoms with Crippen LogP contribution in [0.2, 0.25) is 0 Å². The highest BCUT2D eigenvalue weighted by atomic mass is 35.5. The number of nitrogens with one attached hydrogen (secondary N) is 2. The van der Waals surface area contributed by atoms with Crippen LogP contribution in [-0.2, 0) is 16.1 Å². The fourth-order valence-corrected chi connectivity index (χ4v) is 3.11. The maximum atomic E-state index is 12.5. The molecule has 0 saturated carbocycles. The van der Waals surface area contributed by atoms with Crippen LogP contribution in [-0.4, -0.2) is 27.7 Å². The zero-order valence-electron chi connectivity index (χ0n) is 16.3. The second kappa shape index (κ2) is 8.09. The molecule has 0 atom stereocenters. The number of Topliss-reactive ketones (excluding diaryl/α,β-unsaturated/α-hetero) is 1. The molecule has 2 aromatic carbocycles. The molecule has 0 saturated heterocycles. The lowest BCUT2D eigenvalue weighted by Crippen LogP contribution is -2.32. The van der Waals surface area contributed by atoms with Gasteiger partial charge < -0.3 is 15.0 Å². The van der Waals surface area contributed by atoms with Crippen molar-refractivity contribution in [3.05, 3.63) is 59.7 Å². The van der Waals surface area contributed by atoms with E-state index in [1.165, 1.54) is 0 Å². The first-order valence-electron chi connectivity index (χ1n) is 9.07. The number of H-pyrrole nitrogens is 1. The van der Waals surface area contributed by atoms with Crippen LogP contribution in [0.4, 0.5) is 4.79 Å². The monoisotopic (exact) mass is 412 g/mol. The van der Waals surface area contributed by atoms with Gasteiger partial charge in [0, 0.05) is 17.4 Å². The standard InChI is InChI=1S/C22H21ClN2O4/c1-22(2,3)29-21(28)24-12-13-7-6-8-14(11-13)18-17(19(26)20(23)27)15-9-4-5-10-16(15)25-18/h4-11,25H,12H2,1-3H3,(H,24,28). The van der Waals surface area contributed by atoms with E-state index in [2.05, 4.69) is 10.3 Å². The number of halogens is 1. The topological polar surface area (TPSA) is 88.3 Å². The number of ketones is 1. The third-order valence-corrected chi connectivity index (χ3v) is 4.33. The molecule has 2 N–H and O–H groups in total. The van der Waals surface area contributed by atoms with Crippen molar-refractivity contribution in [2.75, 3.05) is 0 Å². The van der Waals surface area contributed by atoms with Gasteiger partial charge in [-0.2, -0.15) is 0 Å². The second-order valence-corrected chi connectivity index (χ2v) is 7.92. The van der Waals surface area contributed by atoms with Crippen LogP contribution >= 0.6 is 11.6 Å². The fourth-order valence-electron chi connectivity index (χ4n) is 3.02. The van der Waals surface area contributed by atoms with Gasteiger partial charge in [-0.1, -0.05) is 36.4 Å². The van der Waals surface area contributed by atoms with Crippen molar-refractivity contribution in [2.45, 2.75) is 32.9 Å². The van der Waals surface area contributed by atoms with E-state index in [4.69, 9.17) is 16.3 Å². The molecule has 0 radical (unpaired) electrons. The molecule has 3 rings (SSSR count). The lowest BCUT2D eigenvalue weighted by atomic mass is 10.0. The van der Waals surface area contributed by atoms with Crippen molar-refractivity contribution in [3.63, 3.8) is 0 Å². The zero-order valence-corrected chi connectivity index (χ0v) is 17.1. The minimum Gasteiger partial charge on any atom is -0.444 e. The molecule has 0 bridgehead atoms. The number of rotatable bonds is 5. The lowest BCUT2D eigenvalue weighted by Gasteiger charge is -2.19. The van der Waals surface area contributed by atoms with Gasteiger partial charge in [-0.25, -0.2) is 4.79 Å². The van der Waals surface area contributed by atoms with Crippen LogP contribution < -0.4 is 5.32 Å². The highest BCUT2D eigenvalue weighted by Gasteiger charge is 2.24. The highest BCUT2D eigenvalue weighted by molar-refractivity contribution is 6.83. The highest BCUT2D eigenvalue weighted by Crippen LogP contribution is 2.31. The summed E-state index contributed by atoms with van der Waals surface area (Å²) >= 11 is 5.48. The number of benzene rings is 2. The fraction of sp³-hybridized carbons (Fsp3) is 0.227. The van der Waals surface area contributed by atoms with E-state index in [1.54, 1.807) is 32.9 Å². The average molecular weight is 413 g/mol. The molecule has 150 valence electrons. The summed E-state index contributed by atoms with van der Waals surface area (Å²) in [6, 6.07) is 14.5. The van der Waals surface area contributed by atoms with Gasteiger partial charge in [0.1, 0.15) is 5.60 Å². The van der Waals surface area contributed by atoms with E-state index < -0.39 is 22.7 Å². The molecule has 0 aliphatic rings. The summed E-state index contributed by atoms with van der Waals surface area (Å²) in [5.74, 6) is -0.767. The lowest BCUT2D eigenvalue weighted by molar-refractivity contribution is -0.108. The number of carbonyl (C=O) groups excluding carboxylic acids is 3. The summed E-state index contributed by atoms with van der Waals surface area (Å²) in [7, 11) is 0. The SMILES string of the molecule is CC(C)(C)OC(=O)NCc1cccc(-c2[nH]c3ccccc3c2C(=O)C(=O)Cl)c1. The van der Waals surface area contributed by atoms with Crippen LogP contribution in [0.15, 0.2) is 48.5 Å². The largest absolute Gasteiger partial charge is 0.444 e. The van der Waals surface area contributed by atoms with E-state index in [-0.39, 0.29) is 12.1 Å².